The molecule has 2 atom stereocenters. The summed E-state index contributed by atoms with van der Waals surface area (Å²) in [7, 11) is 0. The van der Waals surface area contributed by atoms with E-state index in [0.29, 0.717) is 45.8 Å². The Morgan fingerprint density at radius 1 is 0.845 bits per heavy atom. The molecule has 8 rings (SSSR count). The van der Waals surface area contributed by atoms with Crippen LogP contribution in [0.25, 0.3) is 0 Å². The third-order valence-corrected chi connectivity index (χ3v) is 14.5. The van der Waals surface area contributed by atoms with Gasteiger partial charge in [-0.3, -0.25) is 34.2 Å². The molecule has 11 heteroatoms. The second-order valence-electron chi connectivity index (χ2n) is 18.2. The number of fused-ring (bicyclic) bond motifs is 1. The number of piperazine rings is 1. The van der Waals surface area contributed by atoms with Crippen molar-refractivity contribution in [1.29, 1.82) is 5.26 Å². The van der Waals surface area contributed by atoms with Gasteiger partial charge in [-0.15, -0.1) is 0 Å². The van der Waals surface area contributed by atoms with Crippen molar-refractivity contribution >= 4 is 46.5 Å². The number of amides is 2. The average molecular weight is 803 g/mol. The number of nitrogens with zero attached hydrogens (tertiary/aromatic N) is 3. The molecule has 5 aliphatic rings. The number of imide groups is 1. The largest absolute Gasteiger partial charge is 0.489 e. The zero-order valence-corrected chi connectivity index (χ0v) is 34.4. The summed E-state index contributed by atoms with van der Waals surface area (Å²) >= 11 is 6.27. The van der Waals surface area contributed by atoms with Crippen molar-refractivity contribution in [2.45, 2.75) is 90.7 Å². The summed E-state index contributed by atoms with van der Waals surface area (Å²) in [6, 6.07) is 21.5. The SMILES string of the molecule is CC1(C)C(CC(=O)c2ccc(C3CCC(N4CCN(c5ccc6c(c5)C(=O)C(C5CCC(=O)NC5=O)C6=O)CC4)CC3)cc2)C(C)(C)C1Oc1ccc(C#N)c(Cl)c1. The summed E-state index contributed by atoms with van der Waals surface area (Å²) in [4.78, 5) is 69.3. The van der Waals surface area contributed by atoms with Gasteiger partial charge in [0.1, 0.15) is 17.9 Å². The third kappa shape index (κ3) is 7.15. The number of rotatable bonds is 9. The number of nitriles is 1. The minimum Gasteiger partial charge on any atom is -0.489 e. The Morgan fingerprint density at radius 2 is 1.52 bits per heavy atom. The normalized spacial score (nSPS) is 28.0. The molecule has 0 bridgehead atoms. The van der Waals surface area contributed by atoms with Crippen LogP contribution < -0.4 is 15.0 Å². The van der Waals surface area contributed by atoms with E-state index in [1.807, 2.05) is 24.3 Å². The number of halogens is 1. The molecule has 0 spiro atoms. The van der Waals surface area contributed by atoms with Crippen LogP contribution in [0.1, 0.15) is 121 Å². The van der Waals surface area contributed by atoms with Gasteiger partial charge in [-0.1, -0.05) is 63.6 Å². The zero-order chi connectivity index (χ0) is 41.1. The fourth-order valence-electron chi connectivity index (χ4n) is 11.2. The number of nitrogens with one attached hydrogen (secondary N) is 1. The van der Waals surface area contributed by atoms with E-state index in [1.54, 1.807) is 24.3 Å². The molecule has 3 aliphatic carbocycles. The van der Waals surface area contributed by atoms with Gasteiger partial charge in [0.2, 0.25) is 11.8 Å². The molecule has 58 heavy (non-hydrogen) atoms. The molecule has 10 nitrogen and oxygen atoms in total. The summed E-state index contributed by atoms with van der Waals surface area (Å²) < 4.78 is 6.43. The van der Waals surface area contributed by atoms with Crippen molar-refractivity contribution in [2.75, 3.05) is 31.1 Å². The quantitative estimate of drug-likeness (QED) is 0.131. The highest BCUT2D eigenvalue weighted by Crippen LogP contribution is 2.62. The monoisotopic (exact) mass is 802 g/mol. The highest BCUT2D eigenvalue weighted by molar-refractivity contribution is 6.32. The van der Waals surface area contributed by atoms with Crippen LogP contribution in [0.4, 0.5) is 5.69 Å². The number of anilines is 1. The molecule has 2 saturated heterocycles. The summed E-state index contributed by atoms with van der Waals surface area (Å²) in [5, 5.41) is 11.9. The van der Waals surface area contributed by atoms with E-state index in [0.717, 1.165) is 63.1 Å². The second kappa shape index (κ2) is 15.4. The number of benzene rings is 3. The number of hydrogen-bond acceptors (Lipinski definition) is 9. The van der Waals surface area contributed by atoms with Crippen molar-refractivity contribution in [3.8, 4) is 11.8 Å². The van der Waals surface area contributed by atoms with Gasteiger partial charge >= 0.3 is 0 Å². The highest BCUT2D eigenvalue weighted by Gasteiger charge is 2.63. The maximum absolute atomic E-state index is 13.6. The Labute approximate surface area is 345 Å². The van der Waals surface area contributed by atoms with Gasteiger partial charge in [0.05, 0.1) is 22.4 Å². The molecule has 3 aromatic carbocycles. The molecule has 4 fully saturated rings. The molecule has 2 amide bonds. The summed E-state index contributed by atoms with van der Waals surface area (Å²) in [5.74, 6) is -2.02. The summed E-state index contributed by atoms with van der Waals surface area (Å²) in [5.41, 5.74) is 3.65. The van der Waals surface area contributed by atoms with Crippen molar-refractivity contribution < 1.29 is 28.7 Å². The van der Waals surface area contributed by atoms with Crippen molar-refractivity contribution in [3.05, 3.63) is 93.5 Å². The lowest BCUT2D eigenvalue weighted by Crippen LogP contribution is -2.66. The number of Topliss-reactive ketones (excluding diaryl/α,β-unsaturated/α-hetero) is 3. The summed E-state index contributed by atoms with van der Waals surface area (Å²) in [6.07, 6.45) is 5.11. The lowest BCUT2D eigenvalue weighted by molar-refractivity contribution is -0.196. The molecule has 0 radical (unpaired) electrons. The van der Waals surface area contributed by atoms with Gasteiger partial charge in [-0.25, -0.2) is 0 Å². The van der Waals surface area contributed by atoms with E-state index in [9.17, 15) is 29.2 Å². The number of piperidine rings is 1. The van der Waals surface area contributed by atoms with Gasteiger partial charge in [0.25, 0.3) is 0 Å². The topological polar surface area (TPSA) is 137 Å². The molecule has 0 aromatic heterocycles. The Morgan fingerprint density at radius 3 is 2.16 bits per heavy atom. The van der Waals surface area contributed by atoms with Crippen LogP contribution >= 0.6 is 11.6 Å². The standard InChI is InChI=1S/C47H51ClN4O6/c1-46(2)39(47(3,4)45(46)58-33-15-11-30(26-49)37(48)24-33)25-38(53)29-7-5-27(6-8-29)28-9-12-31(13-10-28)51-19-21-52(22-20-51)32-14-16-34-36(23-32)43(56)41(42(34)55)35-17-18-40(54)50-44(35)57/h5-8,11,14-16,23-24,28,31,35,39,41,45H,9-10,12-13,17-22,25H2,1-4H3,(H,50,54,57). The van der Waals surface area contributed by atoms with Crippen LogP contribution in [0.5, 0.6) is 5.75 Å². The summed E-state index contributed by atoms with van der Waals surface area (Å²) in [6.45, 7) is 12.1. The van der Waals surface area contributed by atoms with Gasteiger partial charge < -0.3 is 9.64 Å². The van der Waals surface area contributed by atoms with Crippen LogP contribution in [0.3, 0.4) is 0 Å². The van der Waals surface area contributed by atoms with Crippen LogP contribution in [0.2, 0.25) is 5.02 Å². The minimum absolute atomic E-state index is 0.115. The lowest BCUT2D eigenvalue weighted by atomic mass is 9.44. The van der Waals surface area contributed by atoms with E-state index in [-0.39, 0.29) is 59.0 Å². The zero-order valence-electron chi connectivity index (χ0n) is 33.7. The van der Waals surface area contributed by atoms with E-state index in [1.165, 1.54) is 5.56 Å². The molecule has 3 aromatic rings. The molecule has 2 unspecified atom stereocenters. The number of hydrogen-bond donors (Lipinski definition) is 1. The molecular formula is C47H51ClN4O6. The van der Waals surface area contributed by atoms with Crippen molar-refractivity contribution in [2.24, 2.45) is 28.6 Å². The van der Waals surface area contributed by atoms with E-state index < -0.39 is 17.7 Å². The minimum atomic E-state index is -1.05. The van der Waals surface area contributed by atoms with E-state index >= 15 is 0 Å². The number of carbonyl (C=O) groups excluding carboxylic acids is 5. The van der Waals surface area contributed by atoms with Gasteiger partial charge in [-0.05, 0) is 79.8 Å². The predicted molar refractivity (Wildman–Crippen MR) is 220 cm³/mol. The fourth-order valence-corrected chi connectivity index (χ4v) is 11.4. The molecular weight excluding hydrogens is 752 g/mol. The van der Waals surface area contributed by atoms with Gasteiger partial charge in [0.15, 0.2) is 17.3 Å². The first-order valence-corrected chi connectivity index (χ1v) is 21.1. The molecule has 2 heterocycles. The average Bonchev–Trinajstić information content (AvgIpc) is 3.46. The van der Waals surface area contributed by atoms with Gasteiger partial charge in [0, 0.05) is 84.3 Å². The first kappa shape index (κ1) is 40.0. The molecule has 1 N–H and O–H groups in total. The maximum atomic E-state index is 13.6. The van der Waals surface area contributed by atoms with Crippen molar-refractivity contribution in [3.63, 3.8) is 0 Å². The molecule has 2 aliphatic heterocycles. The van der Waals surface area contributed by atoms with E-state index in [4.69, 9.17) is 16.3 Å². The second-order valence-corrected chi connectivity index (χ2v) is 18.6. The highest BCUT2D eigenvalue weighted by atomic mass is 35.5. The smallest absolute Gasteiger partial charge is 0.230 e. The first-order valence-electron chi connectivity index (χ1n) is 20.7. The number of ketones is 3. The number of ether oxygens (including phenoxy) is 1. The Kier molecular flexibility index (Phi) is 10.6. The van der Waals surface area contributed by atoms with Crippen LogP contribution in [0, 0.1) is 39.9 Å². The predicted octanol–water partition coefficient (Wildman–Crippen LogP) is 7.81. The lowest BCUT2D eigenvalue weighted by Gasteiger charge is -2.63. The van der Waals surface area contributed by atoms with E-state index in [2.05, 4.69) is 61.0 Å². The Bertz CT molecular complexity index is 2190. The maximum Gasteiger partial charge on any atom is 0.230 e. The molecule has 2 saturated carbocycles. The van der Waals surface area contributed by atoms with Crippen molar-refractivity contribution in [1.82, 2.24) is 10.2 Å². The third-order valence-electron chi connectivity index (χ3n) is 14.2. The van der Waals surface area contributed by atoms with Crippen LogP contribution in [0.15, 0.2) is 60.7 Å². The van der Waals surface area contributed by atoms with Crippen LogP contribution in [-0.2, 0) is 9.59 Å². The number of carbonyl (C=O) groups is 5. The fraction of sp³-hybridized carbons (Fsp3) is 0.489. The first-order chi connectivity index (χ1) is 27.7. The van der Waals surface area contributed by atoms with Crippen LogP contribution in [-0.4, -0.2) is 72.4 Å². The Hall–Kier alpha value is -4.85. The molecule has 302 valence electrons. The Balaban J connectivity index is 0.811. The van der Waals surface area contributed by atoms with Gasteiger partial charge in [-0.2, -0.15) is 5.26 Å².